The summed E-state index contributed by atoms with van der Waals surface area (Å²) in [4.78, 5) is 14.1. The Hall–Kier alpha value is -2.09. The van der Waals surface area contributed by atoms with Crippen molar-refractivity contribution in [2.45, 2.75) is 6.61 Å². The van der Waals surface area contributed by atoms with E-state index in [1.165, 1.54) is 35.9 Å². The van der Waals surface area contributed by atoms with Crippen molar-refractivity contribution in [3.8, 4) is 11.5 Å². The quantitative estimate of drug-likeness (QED) is 0.505. The number of likely N-dealkylation sites (N-methyl/N-ethyl adjacent to an activating group) is 1. The van der Waals surface area contributed by atoms with Crippen LogP contribution in [-0.4, -0.2) is 29.3 Å². The number of thiocarbonyl (C=S) groups is 1. The molecule has 140 valence electrons. The number of methoxy groups -OCH3 is 1. The van der Waals surface area contributed by atoms with Crippen LogP contribution >= 0.6 is 35.6 Å². The lowest BCUT2D eigenvalue weighted by atomic mass is 10.1. The number of ether oxygens (including phenoxy) is 2. The number of halogens is 2. The highest BCUT2D eigenvalue weighted by Gasteiger charge is 2.28. The minimum Gasteiger partial charge on any atom is -0.493 e. The second-order valence-corrected chi connectivity index (χ2v) is 7.77. The first-order valence-corrected chi connectivity index (χ1v) is 9.45. The lowest BCUT2D eigenvalue weighted by Crippen LogP contribution is -2.22. The van der Waals surface area contributed by atoms with Gasteiger partial charge in [-0.2, -0.15) is 0 Å². The van der Waals surface area contributed by atoms with Crippen molar-refractivity contribution in [3.05, 3.63) is 63.3 Å². The molecule has 1 amide bonds. The molecule has 3 rings (SSSR count). The predicted octanol–water partition coefficient (Wildman–Crippen LogP) is 4.90. The second-order valence-electron chi connectivity index (χ2n) is 5.69. The van der Waals surface area contributed by atoms with Gasteiger partial charge in [-0.25, -0.2) is 4.39 Å². The Morgan fingerprint density at radius 2 is 2.00 bits per heavy atom. The van der Waals surface area contributed by atoms with E-state index in [-0.39, 0.29) is 18.3 Å². The highest BCUT2D eigenvalue weighted by Crippen LogP contribution is 2.39. The van der Waals surface area contributed by atoms with Gasteiger partial charge in [0.2, 0.25) is 0 Å². The predicted molar refractivity (Wildman–Crippen MR) is 110 cm³/mol. The molecule has 1 heterocycles. The molecule has 1 saturated heterocycles. The number of hydrogen-bond donors (Lipinski definition) is 0. The zero-order chi connectivity index (χ0) is 19.6. The first kappa shape index (κ1) is 19.7. The van der Waals surface area contributed by atoms with E-state index in [0.717, 1.165) is 5.56 Å². The molecule has 27 heavy (non-hydrogen) atoms. The summed E-state index contributed by atoms with van der Waals surface area (Å²) in [6.45, 7) is 0.212. The molecule has 0 bridgehead atoms. The van der Waals surface area contributed by atoms with Crippen LogP contribution in [0.5, 0.6) is 11.5 Å². The van der Waals surface area contributed by atoms with E-state index >= 15 is 0 Å². The van der Waals surface area contributed by atoms with Crippen LogP contribution in [0.25, 0.3) is 6.08 Å². The van der Waals surface area contributed by atoms with E-state index in [9.17, 15) is 9.18 Å². The number of thioether (sulfide) groups is 1. The number of carbonyl (C=O) groups is 1. The van der Waals surface area contributed by atoms with Gasteiger partial charge < -0.3 is 9.47 Å². The maximum Gasteiger partial charge on any atom is 0.265 e. The summed E-state index contributed by atoms with van der Waals surface area (Å²) in [6, 6.07) is 9.42. The number of carbonyl (C=O) groups excluding carboxylic acids is 1. The molecule has 0 N–H and O–H groups in total. The van der Waals surface area contributed by atoms with E-state index in [0.29, 0.717) is 31.3 Å². The van der Waals surface area contributed by atoms with Crippen molar-refractivity contribution in [2.75, 3.05) is 14.2 Å². The molecule has 0 saturated carbocycles. The van der Waals surface area contributed by atoms with Gasteiger partial charge in [0.15, 0.2) is 11.5 Å². The van der Waals surface area contributed by atoms with Crippen molar-refractivity contribution >= 4 is 51.9 Å². The third-order valence-corrected chi connectivity index (χ3v) is 5.60. The van der Waals surface area contributed by atoms with Crippen LogP contribution < -0.4 is 9.47 Å². The normalized spacial score (nSPS) is 15.6. The monoisotopic (exact) mass is 423 g/mol. The standard InChI is InChI=1S/C19H15ClFNO3S2/c1-22-18(23)16(27-19(22)26)9-12-7-14(20)17(15(8-12)24-2)25-10-11-3-5-13(21)6-4-11/h3-9H,10H2,1-2H3/b16-9-. The van der Waals surface area contributed by atoms with Crippen molar-refractivity contribution in [3.63, 3.8) is 0 Å². The maximum absolute atomic E-state index is 13.0. The number of amides is 1. The van der Waals surface area contributed by atoms with Crippen LogP contribution in [-0.2, 0) is 11.4 Å². The smallest absolute Gasteiger partial charge is 0.265 e. The fourth-order valence-corrected chi connectivity index (χ4v) is 3.85. The Kier molecular flexibility index (Phi) is 6.04. The minimum absolute atomic E-state index is 0.156. The van der Waals surface area contributed by atoms with Gasteiger partial charge in [-0.1, -0.05) is 47.7 Å². The van der Waals surface area contributed by atoms with Crippen molar-refractivity contribution < 1.29 is 18.7 Å². The van der Waals surface area contributed by atoms with Crippen molar-refractivity contribution in [2.24, 2.45) is 0 Å². The van der Waals surface area contributed by atoms with Gasteiger partial charge in [0, 0.05) is 7.05 Å². The number of benzene rings is 2. The van der Waals surface area contributed by atoms with Gasteiger partial charge >= 0.3 is 0 Å². The Labute approximate surface area is 170 Å². The van der Waals surface area contributed by atoms with Crippen molar-refractivity contribution in [1.29, 1.82) is 0 Å². The molecule has 0 atom stereocenters. The zero-order valence-electron chi connectivity index (χ0n) is 14.5. The first-order valence-electron chi connectivity index (χ1n) is 7.85. The molecule has 2 aromatic carbocycles. The highest BCUT2D eigenvalue weighted by atomic mass is 35.5. The summed E-state index contributed by atoms with van der Waals surface area (Å²) < 4.78 is 24.6. The summed E-state index contributed by atoms with van der Waals surface area (Å²) in [6.07, 6.45) is 1.71. The first-order chi connectivity index (χ1) is 12.9. The average Bonchev–Trinajstić information content (AvgIpc) is 2.88. The van der Waals surface area contributed by atoms with E-state index in [4.69, 9.17) is 33.3 Å². The second kappa shape index (κ2) is 8.29. The third kappa shape index (κ3) is 4.43. The minimum atomic E-state index is -0.309. The number of hydrogen-bond acceptors (Lipinski definition) is 5. The van der Waals surface area contributed by atoms with Gasteiger partial charge in [0.05, 0.1) is 17.0 Å². The van der Waals surface area contributed by atoms with Crippen LogP contribution in [0.4, 0.5) is 4.39 Å². The van der Waals surface area contributed by atoms with Gasteiger partial charge in [-0.3, -0.25) is 9.69 Å². The molecule has 0 unspecified atom stereocenters. The zero-order valence-corrected chi connectivity index (χ0v) is 16.9. The lowest BCUT2D eigenvalue weighted by molar-refractivity contribution is -0.121. The summed E-state index contributed by atoms with van der Waals surface area (Å²) in [5.74, 6) is 0.347. The number of nitrogens with zero attached hydrogens (tertiary/aromatic N) is 1. The molecular weight excluding hydrogens is 409 g/mol. The molecule has 0 aliphatic carbocycles. The van der Waals surface area contributed by atoms with Crippen LogP contribution in [0.2, 0.25) is 5.02 Å². The number of rotatable bonds is 5. The fourth-order valence-electron chi connectivity index (χ4n) is 2.40. The van der Waals surface area contributed by atoms with Gasteiger partial charge in [0.25, 0.3) is 5.91 Å². The Morgan fingerprint density at radius 3 is 2.59 bits per heavy atom. The Balaban J connectivity index is 1.84. The SMILES string of the molecule is COc1cc(/C=C2\SC(=S)N(C)C2=O)cc(Cl)c1OCc1ccc(F)cc1. The molecule has 1 aliphatic rings. The molecule has 1 aliphatic heterocycles. The fraction of sp³-hybridized carbons (Fsp3) is 0.158. The van der Waals surface area contributed by atoms with Gasteiger partial charge in [0.1, 0.15) is 16.7 Å². The molecule has 8 heteroatoms. The molecule has 1 fully saturated rings. The Morgan fingerprint density at radius 1 is 1.30 bits per heavy atom. The molecule has 4 nitrogen and oxygen atoms in total. The third-order valence-electron chi connectivity index (χ3n) is 3.83. The van der Waals surface area contributed by atoms with Crippen LogP contribution in [0.15, 0.2) is 41.3 Å². The van der Waals surface area contributed by atoms with E-state index in [1.807, 2.05) is 0 Å². The largest absolute Gasteiger partial charge is 0.493 e. The molecule has 0 aromatic heterocycles. The maximum atomic E-state index is 13.0. The molecule has 0 spiro atoms. The van der Waals surface area contributed by atoms with E-state index < -0.39 is 0 Å². The van der Waals surface area contributed by atoms with Crippen LogP contribution in [0.1, 0.15) is 11.1 Å². The van der Waals surface area contributed by atoms with Crippen LogP contribution in [0, 0.1) is 5.82 Å². The summed E-state index contributed by atoms with van der Waals surface area (Å²) in [5.41, 5.74) is 1.49. The summed E-state index contributed by atoms with van der Waals surface area (Å²) in [5, 5.41) is 0.342. The summed E-state index contributed by atoms with van der Waals surface area (Å²) in [7, 11) is 3.14. The average molecular weight is 424 g/mol. The lowest BCUT2D eigenvalue weighted by Gasteiger charge is -2.13. The highest BCUT2D eigenvalue weighted by molar-refractivity contribution is 8.26. The van der Waals surface area contributed by atoms with Crippen molar-refractivity contribution in [1.82, 2.24) is 4.90 Å². The molecule has 0 radical (unpaired) electrons. The summed E-state index contributed by atoms with van der Waals surface area (Å²) >= 11 is 12.7. The van der Waals surface area contributed by atoms with E-state index in [2.05, 4.69) is 0 Å². The van der Waals surface area contributed by atoms with Crippen LogP contribution in [0.3, 0.4) is 0 Å². The van der Waals surface area contributed by atoms with Gasteiger partial charge in [-0.15, -0.1) is 0 Å². The molecular formula is C19H15ClFNO3S2. The molecule has 2 aromatic rings. The Bertz CT molecular complexity index is 931. The van der Waals surface area contributed by atoms with Gasteiger partial charge in [-0.05, 0) is 41.5 Å². The topological polar surface area (TPSA) is 38.8 Å². The van der Waals surface area contributed by atoms with E-state index in [1.54, 1.807) is 37.4 Å².